The third kappa shape index (κ3) is 2.49. The van der Waals surface area contributed by atoms with E-state index in [0.29, 0.717) is 0 Å². The molecule has 0 bridgehead atoms. The fourth-order valence-corrected chi connectivity index (χ4v) is 1.52. The summed E-state index contributed by atoms with van der Waals surface area (Å²) in [5.74, 6) is 0. The molecule has 0 spiro atoms. The SMILES string of the molecule is C=CC=CC(=C)C1=C(N)CCC(=C)C1. The summed E-state index contributed by atoms with van der Waals surface area (Å²) < 4.78 is 0. The van der Waals surface area contributed by atoms with Gasteiger partial charge in [-0.1, -0.05) is 43.5 Å². The summed E-state index contributed by atoms with van der Waals surface area (Å²) in [6, 6.07) is 0. The topological polar surface area (TPSA) is 26.0 Å². The van der Waals surface area contributed by atoms with Crippen molar-refractivity contribution in [3.63, 3.8) is 0 Å². The first-order valence-corrected chi connectivity index (χ1v) is 4.77. The van der Waals surface area contributed by atoms with Crippen LogP contribution < -0.4 is 5.73 Å². The lowest BCUT2D eigenvalue weighted by Crippen LogP contribution is -2.09. The van der Waals surface area contributed by atoms with Crippen LogP contribution in [0.4, 0.5) is 0 Å². The van der Waals surface area contributed by atoms with Gasteiger partial charge in [0.05, 0.1) is 0 Å². The Morgan fingerprint density at radius 1 is 1.36 bits per heavy atom. The van der Waals surface area contributed by atoms with Crippen LogP contribution in [0.1, 0.15) is 19.3 Å². The highest BCUT2D eigenvalue weighted by atomic mass is 14.6. The molecule has 1 aliphatic carbocycles. The number of hydrogen-bond acceptors (Lipinski definition) is 1. The normalized spacial score (nSPS) is 17.6. The second-order valence-electron chi connectivity index (χ2n) is 3.55. The molecule has 74 valence electrons. The lowest BCUT2D eigenvalue weighted by Gasteiger charge is -2.19. The van der Waals surface area contributed by atoms with Crippen molar-refractivity contribution in [1.82, 2.24) is 0 Å². The fraction of sp³-hybridized carbons (Fsp3) is 0.231. The van der Waals surface area contributed by atoms with E-state index >= 15 is 0 Å². The molecule has 0 radical (unpaired) electrons. The van der Waals surface area contributed by atoms with Gasteiger partial charge in [0.1, 0.15) is 0 Å². The Balaban J connectivity index is 2.84. The van der Waals surface area contributed by atoms with Crippen molar-refractivity contribution in [2.45, 2.75) is 19.3 Å². The molecule has 0 aliphatic heterocycles. The Hall–Kier alpha value is -1.50. The second kappa shape index (κ2) is 4.66. The second-order valence-corrected chi connectivity index (χ2v) is 3.55. The fourth-order valence-electron chi connectivity index (χ4n) is 1.52. The van der Waals surface area contributed by atoms with E-state index in [1.54, 1.807) is 6.08 Å². The van der Waals surface area contributed by atoms with Gasteiger partial charge in [0.2, 0.25) is 0 Å². The molecule has 14 heavy (non-hydrogen) atoms. The first kappa shape index (κ1) is 10.6. The Morgan fingerprint density at radius 2 is 2.07 bits per heavy atom. The summed E-state index contributed by atoms with van der Waals surface area (Å²) in [6.07, 6.45) is 8.34. The zero-order valence-corrected chi connectivity index (χ0v) is 8.55. The Labute approximate surface area is 86.0 Å². The molecule has 1 heteroatoms. The molecule has 0 aromatic rings. The predicted octanol–water partition coefficient (Wildman–Crippen LogP) is 3.24. The maximum atomic E-state index is 5.93. The van der Waals surface area contributed by atoms with Crippen molar-refractivity contribution < 1.29 is 0 Å². The lowest BCUT2D eigenvalue weighted by molar-refractivity contribution is 0.814. The first-order valence-electron chi connectivity index (χ1n) is 4.77. The van der Waals surface area contributed by atoms with Gasteiger partial charge in [-0.15, -0.1) is 0 Å². The molecule has 0 atom stereocenters. The zero-order valence-electron chi connectivity index (χ0n) is 8.55. The summed E-state index contributed by atoms with van der Waals surface area (Å²) in [7, 11) is 0. The van der Waals surface area contributed by atoms with Crippen LogP contribution in [-0.2, 0) is 0 Å². The highest BCUT2D eigenvalue weighted by molar-refractivity contribution is 5.44. The van der Waals surface area contributed by atoms with E-state index < -0.39 is 0 Å². The van der Waals surface area contributed by atoms with Crippen LogP contribution in [0.3, 0.4) is 0 Å². The van der Waals surface area contributed by atoms with Gasteiger partial charge < -0.3 is 5.73 Å². The van der Waals surface area contributed by atoms with E-state index in [0.717, 1.165) is 36.1 Å². The molecule has 0 aromatic heterocycles. The van der Waals surface area contributed by atoms with Crippen LogP contribution in [0.15, 0.2) is 60.4 Å². The van der Waals surface area contributed by atoms with Gasteiger partial charge >= 0.3 is 0 Å². The number of allylic oxidation sites excluding steroid dienone is 7. The summed E-state index contributed by atoms with van der Waals surface area (Å²) in [5.41, 5.74) is 10.2. The molecule has 2 N–H and O–H groups in total. The number of rotatable bonds is 3. The monoisotopic (exact) mass is 187 g/mol. The van der Waals surface area contributed by atoms with Crippen molar-refractivity contribution in [2.75, 3.05) is 0 Å². The van der Waals surface area contributed by atoms with Gasteiger partial charge in [-0.2, -0.15) is 0 Å². The smallest absolute Gasteiger partial charge is 0.0125 e. The minimum Gasteiger partial charge on any atom is -0.402 e. The van der Waals surface area contributed by atoms with E-state index in [1.165, 1.54) is 5.57 Å². The molecule has 1 nitrogen and oxygen atoms in total. The number of hydrogen-bond donors (Lipinski definition) is 1. The summed E-state index contributed by atoms with van der Waals surface area (Å²) in [6.45, 7) is 11.6. The zero-order chi connectivity index (χ0) is 10.6. The standard InChI is InChI=1S/C13H17N/c1-4-5-6-11(3)12-9-10(2)7-8-13(12)14/h4-6H,1-3,7-9,14H2. The van der Waals surface area contributed by atoms with Gasteiger partial charge in [-0.05, 0) is 30.4 Å². The summed E-state index contributed by atoms with van der Waals surface area (Å²) in [5, 5.41) is 0. The minimum absolute atomic E-state index is 0.867. The molecule has 0 amide bonds. The van der Waals surface area contributed by atoms with Gasteiger partial charge in [-0.25, -0.2) is 0 Å². The molecule has 0 unspecified atom stereocenters. The van der Waals surface area contributed by atoms with Crippen LogP contribution in [0.25, 0.3) is 0 Å². The van der Waals surface area contributed by atoms with E-state index in [2.05, 4.69) is 19.7 Å². The maximum Gasteiger partial charge on any atom is 0.0125 e. The molecule has 0 saturated carbocycles. The molecule has 0 fully saturated rings. The Bertz CT molecular complexity index is 329. The van der Waals surface area contributed by atoms with Gasteiger partial charge in [0.25, 0.3) is 0 Å². The first-order chi connectivity index (χ1) is 6.65. The predicted molar refractivity (Wildman–Crippen MR) is 62.7 cm³/mol. The molecule has 0 saturated heterocycles. The highest BCUT2D eigenvalue weighted by Gasteiger charge is 2.13. The Morgan fingerprint density at radius 3 is 2.71 bits per heavy atom. The third-order valence-electron chi connectivity index (χ3n) is 2.38. The van der Waals surface area contributed by atoms with Crippen molar-refractivity contribution in [1.29, 1.82) is 0 Å². The Kier molecular flexibility index (Phi) is 3.52. The van der Waals surface area contributed by atoms with Crippen LogP contribution in [0.5, 0.6) is 0 Å². The third-order valence-corrected chi connectivity index (χ3v) is 2.38. The number of nitrogens with two attached hydrogens (primary N) is 1. The molecule has 1 aliphatic rings. The molecular formula is C13H17N. The van der Waals surface area contributed by atoms with Crippen molar-refractivity contribution >= 4 is 0 Å². The molecule has 0 aromatic carbocycles. The van der Waals surface area contributed by atoms with Crippen LogP contribution in [0, 0.1) is 0 Å². The van der Waals surface area contributed by atoms with Crippen LogP contribution in [0.2, 0.25) is 0 Å². The van der Waals surface area contributed by atoms with E-state index in [-0.39, 0.29) is 0 Å². The highest BCUT2D eigenvalue weighted by Crippen LogP contribution is 2.29. The average molecular weight is 187 g/mol. The molecule has 1 rings (SSSR count). The largest absolute Gasteiger partial charge is 0.402 e. The molecular weight excluding hydrogens is 170 g/mol. The molecule has 0 heterocycles. The van der Waals surface area contributed by atoms with Gasteiger partial charge in [0.15, 0.2) is 0 Å². The van der Waals surface area contributed by atoms with Gasteiger partial charge in [0, 0.05) is 5.70 Å². The van der Waals surface area contributed by atoms with Crippen molar-refractivity contribution in [3.8, 4) is 0 Å². The maximum absolute atomic E-state index is 5.93. The quantitative estimate of drug-likeness (QED) is 0.532. The van der Waals surface area contributed by atoms with E-state index in [9.17, 15) is 0 Å². The van der Waals surface area contributed by atoms with E-state index in [1.807, 2.05) is 12.2 Å². The van der Waals surface area contributed by atoms with Crippen molar-refractivity contribution in [2.24, 2.45) is 5.73 Å². The van der Waals surface area contributed by atoms with Crippen LogP contribution >= 0.6 is 0 Å². The minimum atomic E-state index is 0.867. The summed E-state index contributed by atoms with van der Waals surface area (Å²) in [4.78, 5) is 0. The average Bonchev–Trinajstić information content (AvgIpc) is 2.18. The summed E-state index contributed by atoms with van der Waals surface area (Å²) >= 11 is 0. The lowest BCUT2D eigenvalue weighted by atomic mass is 9.89. The van der Waals surface area contributed by atoms with Gasteiger partial charge in [-0.3, -0.25) is 0 Å². The van der Waals surface area contributed by atoms with E-state index in [4.69, 9.17) is 5.73 Å². The van der Waals surface area contributed by atoms with Crippen molar-refractivity contribution in [3.05, 3.63) is 60.4 Å². The van der Waals surface area contributed by atoms with Crippen LogP contribution in [-0.4, -0.2) is 0 Å².